The molecule has 0 bridgehead atoms. The first-order valence-electron chi connectivity index (χ1n) is 5.33. The van der Waals surface area contributed by atoms with Crippen LogP contribution in [0.4, 0.5) is 0 Å². The first-order chi connectivity index (χ1) is 7.57. The van der Waals surface area contributed by atoms with E-state index in [-0.39, 0.29) is 5.41 Å². The predicted molar refractivity (Wildman–Crippen MR) is 62.5 cm³/mol. The lowest BCUT2D eigenvalue weighted by molar-refractivity contribution is 0.419. The molecule has 1 aromatic carbocycles. The third kappa shape index (κ3) is 1.18. The van der Waals surface area contributed by atoms with E-state index in [2.05, 4.69) is 25.9 Å². The molecule has 0 unspecified atom stereocenters. The summed E-state index contributed by atoms with van der Waals surface area (Å²) in [6.45, 7) is 6.38. The van der Waals surface area contributed by atoms with Gasteiger partial charge in [0, 0.05) is 10.8 Å². The van der Waals surface area contributed by atoms with Gasteiger partial charge in [-0.05, 0) is 18.2 Å². The molecule has 0 aliphatic rings. The zero-order valence-corrected chi connectivity index (χ0v) is 9.57. The van der Waals surface area contributed by atoms with Crippen molar-refractivity contribution >= 4 is 21.9 Å². The molecule has 0 radical (unpaired) electrons. The van der Waals surface area contributed by atoms with Gasteiger partial charge in [0.25, 0.3) is 0 Å². The maximum atomic E-state index is 5.39. The van der Waals surface area contributed by atoms with E-state index in [0.29, 0.717) is 0 Å². The van der Waals surface area contributed by atoms with Crippen molar-refractivity contribution in [3.05, 3.63) is 30.2 Å². The number of aromatic nitrogens is 1. The molecular weight excluding hydrogens is 202 g/mol. The maximum absolute atomic E-state index is 5.39. The second-order valence-electron chi connectivity index (χ2n) is 5.05. The first-order valence-corrected chi connectivity index (χ1v) is 5.33. The van der Waals surface area contributed by atoms with Gasteiger partial charge in [-0.15, -0.1) is 0 Å². The Hall–Kier alpha value is -1.77. The quantitative estimate of drug-likeness (QED) is 0.571. The zero-order chi connectivity index (χ0) is 11.3. The summed E-state index contributed by atoms with van der Waals surface area (Å²) in [4.78, 5) is 0. The van der Waals surface area contributed by atoms with Gasteiger partial charge in [-0.1, -0.05) is 25.9 Å². The van der Waals surface area contributed by atoms with Crippen LogP contribution >= 0.6 is 0 Å². The third-order valence-corrected chi connectivity index (χ3v) is 2.78. The number of nitrogens with zero attached hydrogens (tertiary/aromatic N) is 1. The van der Waals surface area contributed by atoms with E-state index < -0.39 is 0 Å². The number of benzene rings is 1. The average molecular weight is 215 g/mol. The fourth-order valence-electron chi connectivity index (χ4n) is 2.00. The normalized spacial score (nSPS) is 12.7. The lowest BCUT2D eigenvalue weighted by atomic mass is 9.89. The fourth-order valence-corrected chi connectivity index (χ4v) is 2.00. The van der Waals surface area contributed by atoms with Crippen LogP contribution < -0.4 is 0 Å². The van der Waals surface area contributed by atoms with Crippen molar-refractivity contribution in [2.45, 2.75) is 26.2 Å². The smallest absolute Gasteiger partial charge is 0.168 e. The molecule has 0 saturated carbocycles. The summed E-state index contributed by atoms with van der Waals surface area (Å²) < 4.78 is 10.8. The lowest BCUT2D eigenvalue weighted by Gasteiger charge is -2.14. The van der Waals surface area contributed by atoms with Crippen LogP contribution in [-0.2, 0) is 5.41 Å². The first kappa shape index (κ1) is 9.46. The van der Waals surface area contributed by atoms with E-state index in [4.69, 9.17) is 8.94 Å². The van der Waals surface area contributed by atoms with Crippen molar-refractivity contribution in [3.8, 4) is 0 Å². The minimum Gasteiger partial charge on any atom is -0.464 e. The molecule has 0 N–H and O–H groups in total. The molecule has 0 amide bonds. The van der Waals surface area contributed by atoms with Crippen molar-refractivity contribution < 1.29 is 8.94 Å². The summed E-state index contributed by atoms with van der Waals surface area (Å²) in [5.41, 5.74) is 2.64. The van der Waals surface area contributed by atoms with Gasteiger partial charge < -0.3 is 8.94 Å². The molecule has 16 heavy (non-hydrogen) atoms. The highest BCUT2D eigenvalue weighted by Crippen LogP contribution is 2.34. The zero-order valence-electron chi connectivity index (χ0n) is 9.57. The number of furan rings is 1. The number of hydrogen-bond acceptors (Lipinski definition) is 3. The van der Waals surface area contributed by atoms with Crippen LogP contribution in [-0.4, -0.2) is 5.16 Å². The van der Waals surface area contributed by atoms with Crippen molar-refractivity contribution in [3.63, 3.8) is 0 Å². The van der Waals surface area contributed by atoms with E-state index in [0.717, 1.165) is 27.6 Å². The minimum absolute atomic E-state index is 0.0309. The second-order valence-corrected chi connectivity index (χ2v) is 5.05. The topological polar surface area (TPSA) is 39.2 Å². The van der Waals surface area contributed by atoms with Crippen LogP contribution in [0.15, 0.2) is 33.4 Å². The summed E-state index contributed by atoms with van der Waals surface area (Å²) in [5, 5.41) is 6.32. The molecule has 2 aromatic heterocycles. The Morgan fingerprint density at radius 1 is 1.06 bits per heavy atom. The molecule has 0 fully saturated rings. The monoisotopic (exact) mass is 215 g/mol. The molecule has 82 valence electrons. The molecule has 0 saturated heterocycles. The van der Waals surface area contributed by atoms with E-state index in [1.54, 1.807) is 6.26 Å². The molecule has 0 spiro atoms. The van der Waals surface area contributed by atoms with Gasteiger partial charge in [0.05, 0.1) is 17.3 Å². The largest absolute Gasteiger partial charge is 0.464 e. The third-order valence-electron chi connectivity index (χ3n) is 2.78. The van der Waals surface area contributed by atoms with Gasteiger partial charge in [-0.25, -0.2) is 0 Å². The second kappa shape index (κ2) is 2.88. The summed E-state index contributed by atoms with van der Waals surface area (Å²) in [7, 11) is 0. The van der Waals surface area contributed by atoms with Gasteiger partial charge in [-0.2, -0.15) is 0 Å². The van der Waals surface area contributed by atoms with Crippen LogP contribution in [0, 0.1) is 0 Å². The van der Waals surface area contributed by atoms with Gasteiger partial charge in [0.2, 0.25) is 0 Å². The predicted octanol–water partition coefficient (Wildman–Crippen LogP) is 3.87. The summed E-state index contributed by atoms with van der Waals surface area (Å²) in [6, 6.07) is 5.78. The van der Waals surface area contributed by atoms with Crippen molar-refractivity contribution in [2.24, 2.45) is 0 Å². The summed E-state index contributed by atoms with van der Waals surface area (Å²) in [6.07, 6.45) is 1.70. The lowest BCUT2D eigenvalue weighted by Crippen LogP contribution is -2.11. The molecule has 3 nitrogen and oxygen atoms in total. The number of hydrogen-bond donors (Lipinski definition) is 0. The highest BCUT2D eigenvalue weighted by Gasteiger charge is 2.23. The molecule has 0 atom stereocenters. The van der Waals surface area contributed by atoms with Gasteiger partial charge in [0.15, 0.2) is 5.58 Å². The summed E-state index contributed by atoms with van der Waals surface area (Å²) in [5.74, 6) is 0. The molecule has 3 aromatic rings. The standard InChI is InChI=1S/C13H13NO2/c1-13(2,3)12-11-8-6-7-15-9(8)4-5-10(11)16-14-12/h4-7H,1-3H3. The average Bonchev–Trinajstić information content (AvgIpc) is 2.81. The van der Waals surface area contributed by atoms with Crippen LogP contribution in [0.3, 0.4) is 0 Å². The Morgan fingerprint density at radius 2 is 1.81 bits per heavy atom. The van der Waals surface area contributed by atoms with Gasteiger partial charge in [-0.3, -0.25) is 0 Å². The Labute approximate surface area is 93.0 Å². The molecule has 0 aliphatic carbocycles. The van der Waals surface area contributed by atoms with E-state index in [1.807, 2.05) is 18.2 Å². The van der Waals surface area contributed by atoms with Crippen molar-refractivity contribution in [2.75, 3.05) is 0 Å². The van der Waals surface area contributed by atoms with Crippen LogP contribution in [0.2, 0.25) is 0 Å². The fraction of sp³-hybridized carbons (Fsp3) is 0.308. The summed E-state index contributed by atoms with van der Waals surface area (Å²) >= 11 is 0. The minimum atomic E-state index is -0.0309. The maximum Gasteiger partial charge on any atom is 0.168 e. The molecule has 3 heteroatoms. The van der Waals surface area contributed by atoms with Crippen molar-refractivity contribution in [1.82, 2.24) is 5.16 Å². The van der Waals surface area contributed by atoms with E-state index in [1.165, 1.54) is 0 Å². The Balaban J connectivity index is 2.51. The Bertz CT molecular complexity index is 655. The van der Waals surface area contributed by atoms with Crippen LogP contribution in [0.5, 0.6) is 0 Å². The van der Waals surface area contributed by atoms with Gasteiger partial charge >= 0.3 is 0 Å². The Kier molecular flexibility index (Phi) is 1.70. The number of fused-ring (bicyclic) bond motifs is 3. The van der Waals surface area contributed by atoms with Crippen molar-refractivity contribution in [1.29, 1.82) is 0 Å². The highest BCUT2D eigenvalue weighted by atomic mass is 16.5. The van der Waals surface area contributed by atoms with E-state index >= 15 is 0 Å². The SMILES string of the molecule is CC(C)(C)c1noc2ccc3occc3c12. The van der Waals surface area contributed by atoms with E-state index in [9.17, 15) is 0 Å². The Morgan fingerprint density at radius 3 is 2.56 bits per heavy atom. The van der Waals surface area contributed by atoms with Gasteiger partial charge in [0.1, 0.15) is 5.58 Å². The highest BCUT2D eigenvalue weighted by molar-refractivity contribution is 6.05. The van der Waals surface area contributed by atoms with Crippen LogP contribution in [0.25, 0.3) is 21.9 Å². The van der Waals surface area contributed by atoms with Crippen LogP contribution in [0.1, 0.15) is 26.5 Å². The molecule has 3 rings (SSSR count). The molecular formula is C13H13NO2. The molecule has 2 heterocycles. The molecule has 0 aliphatic heterocycles. The number of rotatable bonds is 0.